The van der Waals surface area contributed by atoms with Crippen LogP contribution in [0, 0.1) is 0 Å². The number of pyridine rings is 1. The third-order valence-corrected chi connectivity index (χ3v) is 5.17. The van der Waals surface area contributed by atoms with E-state index < -0.39 is 0 Å². The first-order valence-electron chi connectivity index (χ1n) is 9.08. The van der Waals surface area contributed by atoms with E-state index in [0.29, 0.717) is 0 Å². The van der Waals surface area contributed by atoms with Gasteiger partial charge in [0.2, 0.25) is 0 Å². The van der Waals surface area contributed by atoms with Gasteiger partial charge in [0.15, 0.2) is 5.82 Å². The first-order valence-corrected chi connectivity index (χ1v) is 9.08. The van der Waals surface area contributed by atoms with E-state index in [1.54, 1.807) is 11.1 Å². The molecule has 0 aliphatic carbocycles. The van der Waals surface area contributed by atoms with Gasteiger partial charge in [-0.2, -0.15) is 0 Å². The lowest BCUT2D eigenvalue weighted by Crippen LogP contribution is -2.26. The van der Waals surface area contributed by atoms with Crippen molar-refractivity contribution in [3.63, 3.8) is 0 Å². The Morgan fingerprint density at radius 3 is 2.60 bits per heavy atom. The van der Waals surface area contributed by atoms with Crippen molar-refractivity contribution >= 4 is 23.1 Å². The van der Waals surface area contributed by atoms with Crippen LogP contribution >= 0.6 is 0 Å². The number of hydrogen-bond donors (Lipinski definition) is 0. The van der Waals surface area contributed by atoms with Crippen molar-refractivity contribution in [1.29, 1.82) is 0 Å². The number of rotatable bonds is 4. The maximum atomic E-state index is 12.9. The van der Waals surface area contributed by atoms with Crippen LogP contribution in [-0.4, -0.2) is 49.0 Å². The summed E-state index contributed by atoms with van der Waals surface area (Å²) < 4.78 is 0. The number of fused-ring (bicyclic) bond motifs is 2. The average molecular weight is 336 g/mol. The molecule has 0 atom stereocenters. The van der Waals surface area contributed by atoms with Crippen LogP contribution < -0.4 is 9.80 Å². The minimum absolute atomic E-state index is 0.0203. The van der Waals surface area contributed by atoms with Crippen molar-refractivity contribution in [2.45, 2.75) is 19.3 Å². The summed E-state index contributed by atoms with van der Waals surface area (Å²) in [5.41, 5.74) is 2.56. The Balaban J connectivity index is 1.67. The Labute approximate surface area is 148 Å². The molecule has 1 aromatic carbocycles. The van der Waals surface area contributed by atoms with Crippen LogP contribution in [-0.2, 0) is 0 Å². The van der Waals surface area contributed by atoms with Gasteiger partial charge < -0.3 is 14.7 Å². The Morgan fingerprint density at radius 1 is 1.00 bits per heavy atom. The summed E-state index contributed by atoms with van der Waals surface area (Å²) in [4.78, 5) is 24.0. The summed E-state index contributed by atoms with van der Waals surface area (Å²) in [6, 6.07) is 11.7. The lowest BCUT2D eigenvalue weighted by Gasteiger charge is -2.26. The molecular weight excluding hydrogens is 312 g/mol. The number of nitrogens with zero attached hydrogens (tertiary/aromatic N) is 4. The highest BCUT2D eigenvalue weighted by atomic mass is 16.2. The highest BCUT2D eigenvalue weighted by molar-refractivity contribution is 6.13. The van der Waals surface area contributed by atoms with Crippen LogP contribution in [0.5, 0.6) is 0 Å². The van der Waals surface area contributed by atoms with Crippen LogP contribution in [0.3, 0.4) is 0 Å². The zero-order valence-corrected chi connectivity index (χ0v) is 14.7. The fourth-order valence-electron chi connectivity index (χ4n) is 3.84. The van der Waals surface area contributed by atoms with Gasteiger partial charge in [0, 0.05) is 19.8 Å². The number of anilines is 3. The van der Waals surface area contributed by atoms with Gasteiger partial charge in [0.1, 0.15) is 0 Å². The summed E-state index contributed by atoms with van der Waals surface area (Å²) in [7, 11) is 1.83. The second kappa shape index (κ2) is 6.84. The first-order chi connectivity index (χ1) is 12.3. The van der Waals surface area contributed by atoms with Crippen molar-refractivity contribution in [2.75, 3.05) is 43.0 Å². The molecule has 5 heteroatoms. The number of amides is 1. The van der Waals surface area contributed by atoms with Gasteiger partial charge in [-0.1, -0.05) is 12.1 Å². The normalized spacial score (nSPS) is 17.4. The van der Waals surface area contributed by atoms with E-state index in [-0.39, 0.29) is 5.91 Å². The molecule has 2 aromatic rings. The molecule has 0 spiro atoms. The second-order valence-corrected chi connectivity index (χ2v) is 6.78. The van der Waals surface area contributed by atoms with Gasteiger partial charge in [-0.3, -0.25) is 4.79 Å². The zero-order valence-electron chi connectivity index (χ0n) is 14.7. The van der Waals surface area contributed by atoms with E-state index >= 15 is 0 Å². The molecule has 3 heterocycles. The van der Waals surface area contributed by atoms with Crippen LogP contribution in [0.25, 0.3) is 0 Å². The highest BCUT2D eigenvalue weighted by Crippen LogP contribution is 2.38. The molecule has 2 aliphatic heterocycles. The van der Waals surface area contributed by atoms with E-state index in [4.69, 9.17) is 0 Å². The quantitative estimate of drug-likeness (QED) is 0.859. The van der Waals surface area contributed by atoms with Gasteiger partial charge in [0.05, 0.1) is 16.9 Å². The van der Waals surface area contributed by atoms with Gasteiger partial charge in [-0.15, -0.1) is 0 Å². The lowest BCUT2D eigenvalue weighted by molar-refractivity contribution is 0.0994. The molecular formula is C20H24N4O. The molecule has 0 radical (unpaired) electrons. The molecule has 1 aromatic heterocycles. The predicted molar refractivity (Wildman–Crippen MR) is 101 cm³/mol. The van der Waals surface area contributed by atoms with Crippen LogP contribution in [0.4, 0.5) is 17.2 Å². The smallest absolute Gasteiger partial charge is 0.260 e. The molecule has 1 amide bonds. The van der Waals surface area contributed by atoms with Crippen molar-refractivity contribution in [1.82, 2.24) is 9.88 Å². The molecule has 4 rings (SSSR count). The molecule has 5 nitrogen and oxygen atoms in total. The maximum absolute atomic E-state index is 12.9. The number of carbonyl (C=O) groups excluding carboxylic acids is 1. The van der Waals surface area contributed by atoms with Crippen LogP contribution in [0.15, 0.2) is 42.6 Å². The SMILES string of the molecule is CN1C(=O)c2ccccc2N(CCCN2CCCC2)c2ncccc21. The molecule has 1 saturated heterocycles. The van der Waals surface area contributed by atoms with E-state index in [0.717, 1.165) is 42.3 Å². The molecule has 1 fully saturated rings. The Bertz CT molecular complexity index is 770. The standard InChI is InChI=1S/C20H24N4O/c1-22-18-10-6-11-21-19(18)24(15-7-14-23-12-4-5-13-23)17-9-3-2-8-16(17)20(22)25/h2-3,6,8-11H,4-5,7,12-15H2,1H3. The Hall–Kier alpha value is -2.40. The summed E-state index contributed by atoms with van der Waals surface area (Å²) in [6.07, 6.45) is 5.49. The number of hydrogen-bond acceptors (Lipinski definition) is 4. The summed E-state index contributed by atoms with van der Waals surface area (Å²) in [6.45, 7) is 4.39. The van der Waals surface area contributed by atoms with Gasteiger partial charge in [-0.25, -0.2) is 4.98 Å². The monoisotopic (exact) mass is 336 g/mol. The summed E-state index contributed by atoms with van der Waals surface area (Å²) in [5.74, 6) is 0.886. The molecule has 25 heavy (non-hydrogen) atoms. The molecule has 0 saturated carbocycles. The summed E-state index contributed by atoms with van der Waals surface area (Å²) >= 11 is 0. The largest absolute Gasteiger partial charge is 0.324 e. The van der Waals surface area contributed by atoms with Crippen molar-refractivity contribution in [3.05, 3.63) is 48.2 Å². The number of carbonyl (C=O) groups is 1. The van der Waals surface area contributed by atoms with Crippen molar-refractivity contribution < 1.29 is 4.79 Å². The van der Waals surface area contributed by atoms with Crippen molar-refractivity contribution in [2.24, 2.45) is 0 Å². The second-order valence-electron chi connectivity index (χ2n) is 6.78. The van der Waals surface area contributed by atoms with E-state index in [1.807, 2.05) is 43.4 Å². The highest BCUT2D eigenvalue weighted by Gasteiger charge is 2.29. The van der Waals surface area contributed by atoms with Gasteiger partial charge in [-0.05, 0) is 63.2 Å². The fraction of sp³-hybridized carbons (Fsp3) is 0.400. The number of likely N-dealkylation sites (tertiary alicyclic amines) is 1. The van der Waals surface area contributed by atoms with E-state index in [2.05, 4.69) is 14.8 Å². The molecule has 2 aliphatic rings. The third kappa shape index (κ3) is 3.00. The minimum atomic E-state index is 0.0203. The van der Waals surface area contributed by atoms with Crippen molar-refractivity contribution in [3.8, 4) is 0 Å². The third-order valence-electron chi connectivity index (χ3n) is 5.17. The molecule has 0 unspecified atom stereocenters. The Morgan fingerprint density at radius 2 is 1.76 bits per heavy atom. The molecule has 0 N–H and O–H groups in total. The molecule has 0 bridgehead atoms. The number of para-hydroxylation sites is 1. The molecule has 130 valence electrons. The minimum Gasteiger partial charge on any atom is -0.324 e. The predicted octanol–water partition coefficient (Wildman–Crippen LogP) is 3.30. The van der Waals surface area contributed by atoms with Crippen LogP contribution in [0.2, 0.25) is 0 Å². The topological polar surface area (TPSA) is 39.7 Å². The van der Waals surface area contributed by atoms with Crippen LogP contribution in [0.1, 0.15) is 29.6 Å². The Kier molecular flexibility index (Phi) is 4.40. The zero-order chi connectivity index (χ0) is 17.2. The lowest BCUT2D eigenvalue weighted by atomic mass is 10.1. The van der Waals surface area contributed by atoms with Gasteiger partial charge in [0.25, 0.3) is 5.91 Å². The number of aromatic nitrogens is 1. The number of benzene rings is 1. The summed E-state index contributed by atoms with van der Waals surface area (Å²) in [5, 5.41) is 0. The average Bonchev–Trinajstić information content (AvgIpc) is 3.15. The van der Waals surface area contributed by atoms with E-state index in [1.165, 1.54) is 25.9 Å². The first kappa shape index (κ1) is 16.1. The maximum Gasteiger partial charge on any atom is 0.260 e. The van der Waals surface area contributed by atoms with E-state index in [9.17, 15) is 4.79 Å². The van der Waals surface area contributed by atoms with Gasteiger partial charge >= 0.3 is 0 Å². The fourth-order valence-corrected chi connectivity index (χ4v) is 3.84.